The number of carbonyl (C=O) groups excluding carboxylic acids is 1. The second-order valence-electron chi connectivity index (χ2n) is 7.13. The molecule has 2 bridgehead atoms. The van der Waals surface area contributed by atoms with Crippen LogP contribution in [0.2, 0.25) is 5.02 Å². The minimum Gasteiger partial charge on any atom is -0.481 e. The summed E-state index contributed by atoms with van der Waals surface area (Å²) in [6.07, 6.45) is 2.40. The molecule has 2 aliphatic heterocycles. The Balaban J connectivity index is 1.77. The van der Waals surface area contributed by atoms with Gasteiger partial charge in [0.25, 0.3) is 5.91 Å². The number of carbonyl (C=O) groups is 2. The second-order valence-corrected chi connectivity index (χ2v) is 7.56. The standard InChI is InChI=1S/C19H19ClN2O3/c1-10-2-4-12-7-13(20)8-15(17(12)21-10)18(23)22-9-11-3-5-16(22)14(6-11)19(24)25/h2,4,7-8,11,14,16H,3,5-6,9H2,1H3,(H,24,25). The van der Waals surface area contributed by atoms with E-state index >= 15 is 0 Å². The number of aryl methyl sites for hydroxylation is 1. The lowest BCUT2D eigenvalue weighted by Crippen LogP contribution is -2.57. The van der Waals surface area contributed by atoms with E-state index in [1.165, 1.54) is 0 Å². The molecule has 2 aromatic rings. The first-order valence-corrected chi connectivity index (χ1v) is 8.92. The quantitative estimate of drug-likeness (QED) is 0.891. The summed E-state index contributed by atoms with van der Waals surface area (Å²) in [5, 5.41) is 10.8. The summed E-state index contributed by atoms with van der Waals surface area (Å²) in [4.78, 5) is 31.1. The van der Waals surface area contributed by atoms with Gasteiger partial charge in [0.15, 0.2) is 0 Å². The third-order valence-electron chi connectivity index (χ3n) is 5.48. The lowest BCUT2D eigenvalue weighted by molar-refractivity contribution is -0.148. The Hall–Kier alpha value is -2.14. The Kier molecular flexibility index (Phi) is 3.91. The fraction of sp³-hybridized carbons (Fsp3) is 0.421. The van der Waals surface area contributed by atoms with Crippen molar-refractivity contribution in [3.05, 3.63) is 40.5 Å². The zero-order valence-corrected chi connectivity index (χ0v) is 14.7. The molecule has 0 radical (unpaired) electrons. The third-order valence-corrected chi connectivity index (χ3v) is 5.70. The number of aliphatic carboxylic acids is 1. The molecule has 25 heavy (non-hydrogen) atoms. The van der Waals surface area contributed by atoms with Gasteiger partial charge in [-0.15, -0.1) is 0 Å². The molecule has 6 heteroatoms. The van der Waals surface area contributed by atoms with E-state index in [9.17, 15) is 14.7 Å². The molecule has 1 aliphatic carbocycles. The summed E-state index contributed by atoms with van der Waals surface area (Å²) in [5.74, 6) is -1.19. The van der Waals surface area contributed by atoms with Crippen molar-refractivity contribution in [2.24, 2.45) is 11.8 Å². The van der Waals surface area contributed by atoms with E-state index in [-0.39, 0.29) is 17.9 Å². The number of hydrogen-bond acceptors (Lipinski definition) is 3. The summed E-state index contributed by atoms with van der Waals surface area (Å²) >= 11 is 6.21. The maximum atomic E-state index is 13.3. The predicted octanol–water partition coefficient (Wildman–Crippen LogP) is 3.52. The normalized spacial score (nSPS) is 25.4. The van der Waals surface area contributed by atoms with Crippen LogP contribution in [0.3, 0.4) is 0 Å². The molecule has 3 fully saturated rings. The molecule has 1 saturated carbocycles. The van der Waals surface area contributed by atoms with Crippen molar-refractivity contribution in [1.29, 1.82) is 0 Å². The summed E-state index contributed by atoms with van der Waals surface area (Å²) in [6.45, 7) is 2.50. The highest BCUT2D eigenvalue weighted by atomic mass is 35.5. The maximum absolute atomic E-state index is 13.3. The van der Waals surface area contributed by atoms with Crippen LogP contribution in [-0.4, -0.2) is 39.5 Å². The van der Waals surface area contributed by atoms with Crippen LogP contribution in [0.1, 0.15) is 35.3 Å². The molecule has 3 unspecified atom stereocenters. The molecular formula is C19H19ClN2O3. The molecule has 130 valence electrons. The van der Waals surface area contributed by atoms with Crippen LogP contribution < -0.4 is 0 Å². The van der Waals surface area contributed by atoms with Crippen molar-refractivity contribution >= 4 is 34.4 Å². The van der Waals surface area contributed by atoms with E-state index in [4.69, 9.17) is 11.6 Å². The minimum absolute atomic E-state index is 0.161. The summed E-state index contributed by atoms with van der Waals surface area (Å²) < 4.78 is 0. The highest BCUT2D eigenvalue weighted by molar-refractivity contribution is 6.32. The van der Waals surface area contributed by atoms with Crippen molar-refractivity contribution in [1.82, 2.24) is 9.88 Å². The smallest absolute Gasteiger partial charge is 0.308 e. The fourth-order valence-electron chi connectivity index (χ4n) is 4.31. The van der Waals surface area contributed by atoms with Crippen molar-refractivity contribution < 1.29 is 14.7 Å². The van der Waals surface area contributed by atoms with Crippen molar-refractivity contribution in [3.63, 3.8) is 0 Å². The van der Waals surface area contributed by atoms with E-state index < -0.39 is 11.9 Å². The van der Waals surface area contributed by atoms with Crippen LogP contribution in [-0.2, 0) is 4.79 Å². The first-order chi connectivity index (χ1) is 11.9. The number of pyridine rings is 1. The number of hydrogen-bond donors (Lipinski definition) is 1. The van der Waals surface area contributed by atoms with Gasteiger partial charge in [-0.25, -0.2) is 0 Å². The van der Waals surface area contributed by atoms with Crippen LogP contribution >= 0.6 is 11.6 Å². The van der Waals surface area contributed by atoms with E-state index in [0.717, 1.165) is 23.9 Å². The molecule has 0 spiro atoms. The second kappa shape index (κ2) is 5.99. The van der Waals surface area contributed by atoms with Crippen molar-refractivity contribution in [2.75, 3.05) is 6.54 Å². The summed E-state index contributed by atoms with van der Waals surface area (Å²) in [5.41, 5.74) is 1.91. The van der Waals surface area contributed by atoms with E-state index in [1.54, 1.807) is 17.0 Å². The van der Waals surface area contributed by atoms with Crippen LogP contribution in [0.15, 0.2) is 24.3 Å². The Morgan fingerprint density at radius 1 is 1.28 bits per heavy atom. The van der Waals surface area contributed by atoms with Gasteiger partial charge in [0.2, 0.25) is 0 Å². The van der Waals surface area contributed by atoms with Crippen LogP contribution in [0.25, 0.3) is 10.9 Å². The molecule has 2 saturated heterocycles. The number of halogens is 1. The zero-order chi connectivity index (χ0) is 17.7. The number of benzene rings is 1. The van der Waals surface area contributed by atoms with Crippen LogP contribution in [0, 0.1) is 18.8 Å². The van der Waals surface area contributed by atoms with Gasteiger partial charge in [-0.1, -0.05) is 17.7 Å². The minimum atomic E-state index is -0.808. The summed E-state index contributed by atoms with van der Waals surface area (Å²) in [7, 11) is 0. The van der Waals surface area contributed by atoms with Crippen LogP contribution in [0.5, 0.6) is 0 Å². The first kappa shape index (κ1) is 16.3. The number of amides is 1. The Morgan fingerprint density at radius 2 is 2.08 bits per heavy atom. The van der Waals surface area contributed by atoms with Crippen molar-refractivity contribution in [3.8, 4) is 0 Å². The average molecular weight is 359 g/mol. The van der Waals surface area contributed by atoms with Crippen molar-refractivity contribution in [2.45, 2.75) is 32.2 Å². The number of carboxylic acid groups (broad SMARTS) is 1. The lowest BCUT2D eigenvalue weighted by atomic mass is 9.72. The molecule has 3 heterocycles. The number of fused-ring (bicyclic) bond motifs is 4. The van der Waals surface area contributed by atoms with Gasteiger partial charge in [-0.05, 0) is 50.3 Å². The SMILES string of the molecule is Cc1ccc2cc(Cl)cc(C(=O)N3CC4CCC3C(C(=O)O)C4)c2n1. The maximum Gasteiger partial charge on any atom is 0.308 e. The number of aromatic nitrogens is 1. The first-order valence-electron chi connectivity index (χ1n) is 8.54. The highest BCUT2D eigenvalue weighted by Crippen LogP contribution is 2.40. The largest absolute Gasteiger partial charge is 0.481 e. The Labute approximate surface area is 150 Å². The molecular weight excluding hydrogens is 340 g/mol. The Bertz CT molecular complexity index is 882. The Morgan fingerprint density at radius 3 is 2.80 bits per heavy atom. The number of carboxylic acids is 1. The van der Waals surface area contributed by atoms with E-state index in [1.807, 2.05) is 19.1 Å². The van der Waals surface area contributed by atoms with Gasteiger partial charge in [0.05, 0.1) is 17.0 Å². The monoisotopic (exact) mass is 358 g/mol. The zero-order valence-electron chi connectivity index (χ0n) is 13.9. The number of rotatable bonds is 2. The highest BCUT2D eigenvalue weighted by Gasteiger charge is 2.46. The molecule has 5 rings (SSSR count). The molecule has 1 amide bonds. The third kappa shape index (κ3) is 2.76. The van der Waals surface area contributed by atoms with Gasteiger partial charge in [0, 0.05) is 28.7 Å². The lowest BCUT2D eigenvalue weighted by Gasteiger charge is -2.48. The topological polar surface area (TPSA) is 70.5 Å². The fourth-order valence-corrected chi connectivity index (χ4v) is 4.53. The molecule has 1 aromatic carbocycles. The van der Waals surface area contributed by atoms with Gasteiger partial charge < -0.3 is 10.0 Å². The molecule has 5 nitrogen and oxygen atoms in total. The average Bonchev–Trinajstić information content (AvgIpc) is 2.61. The molecule has 1 N–H and O–H groups in total. The number of nitrogens with zero attached hydrogens (tertiary/aromatic N) is 2. The van der Waals surface area contributed by atoms with Gasteiger partial charge in [-0.2, -0.15) is 0 Å². The molecule has 3 aliphatic rings. The van der Waals surface area contributed by atoms with E-state index in [0.29, 0.717) is 29.1 Å². The van der Waals surface area contributed by atoms with Gasteiger partial charge in [-0.3, -0.25) is 14.6 Å². The predicted molar refractivity (Wildman–Crippen MR) is 94.8 cm³/mol. The van der Waals surface area contributed by atoms with Gasteiger partial charge >= 0.3 is 5.97 Å². The summed E-state index contributed by atoms with van der Waals surface area (Å²) in [6, 6.07) is 6.99. The molecule has 1 aromatic heterocycles. The van der Waals surface area contributed by atoms with E-state index in [2.05, 4.69) is 4.98 Å². The van der Waals surface area contributed by atoms with Gasteiger partial charge in [0.1, 0.15) is 0 Å². The van der Waals surface area contributed by atoms with Crippen LogP contribution in [0.4, 0.5) is 0 Å². The number of piperidine rings is 2. The molecule has 3 atom stereocenters.